The Hall–Kier alpha value is -1.88. The van der Waals surface area contributed by atoms with Gasteiger partial charge < -0.3 is 14.2 Å². The van der Waals surface area contributed by atoms with Crippen LogP contribution in [0.2, 0.25) is 0 Å². The van der Waals surface area contributed by atoms with Crippen molar-refractivity contribution in [3.63, 3.8) is 0 Å². The number of ether oxygens (including phenoxy) is 3. The highest BCUT2D eigenvalue weighted by atomic mass is 16.5. The van der Waals surface area contributed by atoms with Crippen LogP contribution >= 0.6 is 0 Å². The Labute approximate surface area is 151 Å². The lowest BCUT2D eigenvalue weighted by Crippen LogP contribution is -2.45. The van der Waals surface area contributed by atoms with E-state index in [9.17, 15) is 0 Å². The predicted octanol–water partition coefficient (Wildman–Crippen LogP) is 3.72. The molecule has 1 aliphatic heterocycles. The fourth-order valence-electron chi connectivity index (χ4n) is 2.95. The molecule has 0 aliphatic carbocycles. The summed E-state index contributed by atoms with van der Waals surface area (Å²) < 4.78 is 17.3. The largest absolute Gasteiger partial charge is 0.483 e. The SMILES string of the molecule is COC1=NC(C(OCc2ccccc2)C(C)C)C(OC)=NC1C(C)C. The fraction of sp³-hybridized carbons (Fsp3) is 0.600. The minimum Gasteiger partial charge on any atom is -0.483 e. The van der Waals surface area contributed by atoms with Gasteiger partial charge in [0.05, 0.1) is 26.9 Å². The molecule has 0 N–H and O–H groups in total. The van der Waals surface area contributed by atoms with Crippen LogP contribution in [0, 0.1) is 11.8 Å². The number of rotatable bonds is 6. The number of hydrogen-bond acceptors (Lipinski definition) is 5. The van der Waals surface area contributed by atoms with Gasteiger partial charge in [-0.3, -0.25) is 0 Å². The zero-order valence-corrected chi connectivity index (χ0v) is 16.1. The number of methoxy groups -OCH3 is 2. The Morgan fingerprint density at radius 2 is 1.44 bits per heavy atom. The Morgan fingerprint density at radius 1 is 0.880 bits per heavy atom. The molecule has 0 bridgehead atoms. The molecule has 2 rings (SSSR count). The standard InChI is InChI=1S/C20H30N2O3/c1-13(2)16-19(23-5)22-17(20(21-16)24-6)18(14(3)4)25-12-15-10-8-7-9-11-15/h7-11,13-14,16-18H,12H2,1-6H3. The van der Waals surface area contributed by atoms with Crippen LogP contribution in [-0.4, -0.2) is 44.2 Å². The van der Waals surface area contributed by atoms with Gasteiger partial charge in [0.2, 0.25) is 11.8 Å². The fourth-order valence-corrected chi connectivity index (χ4v) is 2.95. The summed E-state index contributed by atoms with van der Waals surface area (Å²) in [5.41, 5.74) is 1.14. The lowest BCUT2D eigenvalue weighted by Gasteiger charge is -2.33. The van der Waals surface area contributed by atoms with Gasteiger partial charge in [-0.15, -0.1) is 0 Å². The molecular formula is C20H30N2O3. The van der Waals surface area contributed by atoms with E-state index in [1.54, 1.807) is 14.2 Å². The van der Waals surface area contributed by atoms with Crippen LogP contribution in [0.25, 0.3) is 0 Å². The molecule has 1 aromatic carbocycles. The molecule has 3 atom stereocenters. The van der Waals surface area contributed by atoms with Gasteiger partial charge in [0.1, 0.15) is 6.04 Å². The molecule has 5 nitrogen and oxygen atoms in total. The first kappa shape index (κ1) is 19.4. The highest BCUT2D eigenvalue weighted by Gasteiger charge is 2.37. The van der Waals surface area contributed by atoms with E-state index in [1.807, 2.05) is 18.2 Å². The Kier molecular flexibility index (Phi) is 7.00. The summed E-state index contributed by atoms with van der Waals surface area (Å²) in [5.74, 6) is 1.81. The highest BCUT2D eigenvalue weighted by Crippen LogP contribution is 2.24. The molecule has 1 aliphatic rings. The molecule has 0 spiro atoms. The maximum absolute atomic E-state index is 6.23. The molecule has 25 heavy (non-hydrogen) atoms. The smallest absolute Gasteiger partial charge is 0.212 e. The van der Waals surface area contributed by atoms with E-state index in [-0.39, 0.29) is 30.0 Å². The van der Waals surface area contributed by atoms with Crippen molar-refractivity contribution in [2.45, 2.75) is 52.5 Å². The van der Waals surface area contributed by atoms with E-state index in [0.29, 0.717) is 18.4 Å². The first-order valence-electron chi connectivity index (χ1n) is 8.86. The number of nitrogens with zero attached hydrogens (tertiary/aromatic N) is 2. The van der Waals surface area contributed by atoms with Crippen LogP contribution in [0.1, 0.15) is 33.3 Å². The molecule has 0 saturated carbocycles. The Balaban J connectivity index is 2.23. The van der Waals surface area contributed by atoms with Crippen LogP contribution in [0.15, 0.2) is 40.3 Å². The van der Waals surface area contributed by atoms with Crippen LogP contribution in [0.4, 0.5) is 0 Å². The van der Waals surface area contributed by atoms with Gasteiger partial charge in [-0.25, -0.2) is 9.98 Å². The minimum absolute atomic E-state index is 0.113. The van der Waals surface area contributed by atoms with Crippen LogP contribution in [-0.2, 0) is 20.8 Å². The zero-order valence-electron chi connectivity index (χ0n) is 16.1. The maximum Gasteiger partial charge on any atom is 0.212 e. The summed E-state index contributed by atoms with van der Waals surface area (Å²) in [4.78, 5) is 9.55. The van der Waals surface area contributed by atoms with Crippen molar-refractivity contribution in [3.8, 4) is 0 Å². The number of hydrogen-bond donors (Lipinski definition) is 0. The molecule has 0 amide bonds. The van der Waals surface area contributed by atoms with Crippen LogP contribution < -0.4 is 0 Å². The summed E-state index contributed by atoms with van der Waals surface area (Å²) in [6.45, 7) is 8.98. The van der Waals surface area contributed by atoms with Crippen molar-refractivity contribution in [2.75, 3.05) is 14.2 Å². The van der Waals surface area contributed by atoms with Gasteiger partial charge in [-0.1, -0.05) is 58.0 Å². The zero-order chi connectivity index (χ0) is 18.4. The van der Waals surface area contributed by atoms with E-state index < -0.39 is 0 Å². The van der Waals surface area contributed by atoms with Gasteiger partial charge in [0.15, 0.2) is 6.04 Å². The molecular weight excluding hydrogens is 316 g/mol. The van der Waals surface area contributed by atoms with Gasteiger partial charge in [-0.2, -0.15) is 0 Å². The normalized spacial score (nSPS) is 21.8. The quantitative estimate of drug-likeness (QED) is 0.789. The molecule has 1 aromatic rings. The Bertz CT molecular complexity index is 596. The van der Waals surface area contributed by atoms with Gasteiger partial charge >= 0.3 is 0 Å². The lowest BCUT2D eigenvalue weighted by molar-refractivity contribution is 0.00253. The summed E-state index contributed by atoms with van der Waals surface area (Å²) in [5, 5.41) is 0. The molecule has 0 saturated heterocycles. The second kappa shape index (κ2) is 8.99. The van der Waals surface area contributed by atoms with Gasteiger partial charge in [-0.05, 0) is 17.4 Å². The molecule has 0 aromatic heterocycles. The molecule has 3 unspecified atom stereocenters. The van der Waals surface area contributed by atoms with Crippen LogP contribution in [0.5, 0.6) is 0 Å². The van der Waals surface area contributed by atoms with E-state index in [4.69, 9.17) is 24.2 Å². The number of aliphatic imine (C=N–C) groups is 2. The van der Waals surface area contributed by atoms with Crippen molar-refractivity contribution in [1.29, 1.82) is 0 Å². The van der Waals surface area contributed by atoms with Crippen molar-refractivity contribution in [1.82, 2.24) is 0 Å². The topological polar surface area (TPSA) is 52.4 Å². The first-order valence-corrected chi connectivity index (χ1v) is 8.86. The number of benzene rings is 1. The average molecular weight is 346 g/mol. The average Bonchev–Trinajstić information content (AvgIpc) is 2.61. The monoisotopic (exact) mass is 346 g/mol. The summed E-state index contributed by atoms with van der Waals surface area (Å²) in [6.07, 6.45) is -0.142. The third kappa shape index (κ3) is 4.82. The summed E-state index contributed by atoms with van der Waals surface area (Å²) in [7, 11) is 3.29. The van der Waals surface area contributed by atoms with Crippen molar-refractivity contribution in [3.05, 3.63) is 35.9 Å². The van der Waals surface area contributed by atoms with Gasteiger partial charge in [0, 0.05) is 0 Å². The van der Waals surface area contributed by atoms with E-state index >= 15 is 0 Å². The maximum atomic E-state index is 6.23. The van der Waals surface area contributed by atoms with Crippen molar-refractivity contribution < 1.29 is 14.2 Å². The minimum atomic E-state index is -0.293. The van der Waals surface area contributed by atoms with Crippen molar-refractivity contribution >= 4 is 11.8 Å². The van der Waals surface area contributed by atoms with Gasteiger partial charge in [0.25, 0.3) is 0 Å². The second-order valence-corrected chi connectivity index (χ2v) is 6.98. The highest BCUT2D eigenvalue weighted by molar-refractivity contribution is 5.94. The van der Waals surface area contributed by atoms with Crippen molar-refractivity contribution in [2.24, 2.45) is 21.8 Å². The summed E-state index contributed by atoms with van der Waals surface area (Å²) >= 11 is 0. The van der Waals surface area contributed by atoms with E-state index in [1.165, 1.54) is 0 Å². The predicted molar refractivity (Wildman–Crippen MR) is 101 cm³/mol. The second-order valence-electron chi connectivity index (χ2n) is 6.98. The van der Waals surface area contributed by atoms with Crippen LogP contribution in [0.3, 0.4) is 0 Å². The first-order chi connectivity index (χ1) is 12.0. The summed E-state index contributed by atoms with van der Waals surface area (Å²) in [6, 6.07) is 9.74. The lowest BCUT2D eigenvalue weighted by atomic mass is 9.96. The Morgan fingerprint density at radius 3 is 1.96 bits per heavy atom. The molecule has 0 radical (unpaired) electrons. The molecule has 1 heterocycles. The molecule has 138 valence electrons. The molecule has 0 fully saturated rings. The molecule has 5 heteroatoms. The third-order valence-corrected chi connectivity index (χ3v) is 4.34. The van der Waals surface area contributed by atoms with E-state index in [0.717, 1.165) is 5.56 Å². The van der Waals surface area contributed by atoms with E-state index in [2.05, 4.69) is 39.8 Å². The third-order valence-electron chi connectivity index (χ3n) is 4.34.